The maximum atomic E-state index is 6.53. The maximum Gasteiger partial charge on any atom is 0.119 e. The average molecular weight is 227 g/mol. The van der Waals surface area contributed by atoms with Crippen LogP contribution in [-0.4, -0.2) is 17.9 Å². The Morgan fingerprint density at radius 2 is 1.56 bits per heavy atom. The quantitative estimate of drug-likeness (QED) is 0.744. The van der Waals surface area contributed by atoms with Gasteiger partial charge in [0.25, 0.3) is 0 Å². The normalized spacial score (nSPS) is 23.2. The van der Waals surface area contributed by atoms with Crippen molar-refractivity contribution in [2.45, 2.75) is 84.0 Å². The molecule has 1 N–H and O–H groups in total. The summed E-state index contributed by atoms with van der Waals surface area (Å²) in [5.41, 5.74) is 0.101. The Morgan fingerprint density at radius 1 is 1.00 bits per heavy atom. The first-order valence-electron chi connectivity index (χ1n) is 7.11. The highest BCUT2D eigenvalue weighted by Gasteiger charge is 2.42. The molecular weight excluding hydrogens is 198 g/mol. The molecule has 1 saturated heterocycles. The van der Waals surface area contributed by atoms with Crippen LogP contribution in [0.15, 0.2) is 0 Å². The Kier molecular flexibility index (Phi) is 5.26. The first kappa shape index (κ1) is 14.0. The van der Waals surface area contributed by atoms with Gasteiger partial charge in [0.2, 0.25) is 0 Å². The summed E-state index contributed by atoms with van der Waals surface area (Å²) in [6.07, 6.45) is 8.11. The highest BCUT2D eigenvalue weighted by Crippen LogP contribution is 2.37. The highest BCUT2D eigenvalue weighted by molar-refractivity contribution is 4.91. The molecule has 0 aromatic rings. The molecule has 0 bridgehead atoms. The van der Waals surface area contributed by atoms with Crippen molar-refractivity contribution in [2.24, 2.45) is 0 Å². The Bertz CT molecular complexity index is 187. The molecule has 0 aromatic carbocycles. The Morgan fingerprint density at radius 3 is 2.00 bits per heavy atom. The van der Waals surface area contributed by atoms with Gasteiger partial charge in [-0.3, -0.25) is 5.32 Å². The van der Waals surface area contributed by atoms with E-state index in [1.807, 2.05) is 0 Å². The molecule has 0 saturated carbocycles. The van der Waals surface area contributed by atoms with Crippen molar-refractivity contribution in [3.63, 3.8) is 0 Å². The number of hydrogen-bond acceptors (Lipinski definition) is 2. The number of hydrogen-bond donors (Lipinski definition) is 1. The van der Waals surface area contributed by atoms with Gasteiger partial charge in [-0.25, -0.2) is 0 Å². The molecular formula is C14H29NO. The van der Waals surface area contributed by atoms with Gasteiger partial charge in [-0.05, 0) is 32.1 Å². The molecule has 1 aliphatic rings. The lowest BCUT2D eigenvalue weighted by atomic mass is 9.88. The molecule has 0 aromatic heterocycles. The zero-order valence-corrected chi connectivity index (χ0v) is 11.6. The van der Waals surface area contributed by atoms with Gasteiger partial charge in [-0.2, -0.15) is 0 Å². The fourth-order valence-electron chi connectivity index (χ4n) is 2.98. The van der Waals surface area contributed by atoms with Crippen molar-refractivity contribution >= 4 is 0 Å². The molecule has 2 nitrogen and oxygen atoms in total. The third-order valence-electron chi connectivity index (χ3n) is 4.04. The summed E-state index contributed by atoms with van der Waals surface area (Å²) in [5, 5.41) is 3.64. The fraction of sp³-hybridized carbons (Fsp3) is 1.00. The third-order valence-corrected chi connectivity index (χ3v) is 4.04. The first-order valence-corrected chi connectivity index (χ1v) is 7.11. The second-order valence-corrected chi connectivity index (χ2v) is 5.16. The van der Waals surface area contributed by atoms with E-state index in [0.717, 1.165) is 38.6 Å². The molecule has 0 atom stereocenters. The van der Waals surface area contributed by atoms with Crippen LogP contribution >= 0.6 is 0 Å². The van der Waals surface area contributed by atoms with Gasteiger partial charge in [-0.1, -0.05) is 40.5 Å². The van der Waals surface area contributed by atoms with Gasteiger partial charge >= 0.3 is 0 Å². The van der Waals surface area contributed by atoms with Crippen molar-refractivity contribution in [1.29, 1.82) is 0 Å². The van der Waals surface area contributed by atoms with Crippen LogP contribution in [0.5, 0.6) is 0 Å². The van der Waals surface area contributed by atoms with Crippen LogP contribution in [-0.2, 0) is 4.74 Å². The SMILES string of the molecule is CCCC1(CCC)NCCC(CC)(CC)O1. The van der Waals surface area contributed by atoms with Crippen molar-refractivity contribution in [3.8, 4) is 0 Å². The standard InChI is InChI=1S/C14H29NO/c1-5-9-14(10-6-2)15-12-11-13(7-3,8-4)16-14/h15H,5-12H2,1-4H3. The lowest BCUT2D eigenvalue weighted by Gasteiger charge is -2.49. The smallest absolute Gasteiger partial charge is 0.119 e. The molecule has 1 aliphatic heterocycles. The average Bonchev–Trinajstić information content (AvgIpc) is 2.30. The van der Waals surface area contributed by atoms with Crippen molar-refractivity contribution in [3.05, 3.63) is 0 Å². The van der Waals surface area contributed by atoms with Crippen LogP contribution in [0.4, 0.5) is 0 Å². The molecule has 0 spiro atoms. The van der Waals surface area contributed by atoms with Gasteiger partial charge < -0.3 is 4.74 Å². The van der Waals surface area contributed by atoms with Crippen LogP contribution in [0.3, 0.4) is 0 Å². The van der Waals surface area contributed by atoms with Gasteiger partial charge in [-0.15, -0.1) is 0 Å². The molecule has 0 amide bonds. The zero-order valence-electron chi connectivity index (χ0n) is 11.6. The van der Waals surface area contributed by atoms with Crippen LogP contribution in [0.25, 0.3) is 0 Å². The minimum absolute atomic E-state index is 0.0340. The Balaban J connectivity index is 2.77. The van der Waals surface area contributed by atoms with E-state index in [4.69, 9.17) is 4.74 Å². The molecule has 0 unspecified atom stereocenters. The van der Waals surface area contributed by atoms with E-state index in [9.17, 15) is 0 Å². The molecule has 1 heterocycles. The van der Waals surface area contributed by atoms with E-state index in [1.54, 1.807) is 0 Å². The van der Waals surface area contributed by atoms with E-state index in [2.05, 4.69) is 33.0 Å². The number of rotatable bonds is 6. The molecule has 0 aliphatic carbocycles. The summed E-state index contributed by atoms with van der Waals surface area (Å²) < 4.78 is 6.53. The lowest BCUT2D eigenvalue weighted by molar-refractivity contribution is -0.210. The second kappa shape index (κ2) is 6.02. The predicted octanol–water partition coefficient (Wildman–Crippen LogP) is 3.85. The summed E-state index contributed by atoms with van der Waals surface area (Å²) in [6.45, 7) is 10.1. The largest absolute Gasteiger partial charge is 0.354 e. The Labute approximate surface area is 101 Å². The summed E-state index contributed by atoms with van der Waals surface area (Å²) in [6, 6.07) is 0. The van der Waals surface area contributed by atoms with Crippen LogP contribution in [0.1, 0.15) is 72.6 Å². The lowest BCUT2D eigenvalue weighted by Crippen LogP contribution is -2.59. The molecule has 0 radical (unpaired) electrons. The van der Waals surface area contributed by atoms with E-state index in [-0.39, 0.29) is 11.3 Å². The first-order chi connectivity index (χ1) is 7.66. The van der Waals surface area contributed by atoms with Crippen molar-refractivity contribution < 1.29 is 4.74 Å². The minimum Gasteiger partial charge on any atom is -0.354 e. The van der Waals surface area contributed by atoms with E-state index < -0.39 is 0 Å². The highest BCUT2D eigenvalue weighted by atomic mass is 16.5. The molecule has 1 fully saturated rings. The molecule has 16 heavy (non-hydrogen) atoms. The summed E-state index contributed by atoms with van der Waals surface area (Å²) in [7, 11) is 0. The van der Waals surface area contributed by atoms with Gasteiger partial charge in [0.1, 0.15) is 5.72 Å². The zero-order chi connectivity index (χ0) is 12.1. The van der Waals surface area contributed by atoms with Crippen LogP contribution < -0.4 is 5.32 Å². The summed E-state index contributed by atoms with van der Waals surface area (Å²) in [4.78, 5) is 0. The van der Waals surface area contributed by atoms with E-state index >= 15 is 0 Å². The van der Waals surface area contributed by atoms with Crippen molar-refractivity contribution in [1.82, 2.24) is 5.32 Å². The topological polar surface area (TPSA) is 21.3 Å². The van der Waals surface area contributed by atoms with E-state index in [0.29, 0.717) is 0 Å². The third kappa shape index (κ3) is 2.98. The van der Waals surface area contributed by atoms with Crippen molar-refractivity contribution in [2.75, 3.05) is 6.54 Å². The minimum atomic E-state index is -0.0340. The van der Waals surface area contributed by atoms with Gasteiger partial charge in [0.15, 0.2) is 0 Å². The Hall–Kier alpha value is -0.0800. The predicted molar refractivity (Wildman–Crippen MR) is 69.6 cm³/mol. The van der Waals surface area contributed by atoms with Gasteiger partial charge in [0.05, 0.1) is 5.60 Å². The second-order valence-electron chi connectivity index (χ2n) is 5.16. The monoisotopic (exact) mass is 227 g/mol. The van der Waals surface area contributed by atoms with Gasteiger partial charge in [0, 0.05) is 6.54 Å². The fourth-order valence-corrected chi connectivity index (χ4v) is 2.98. The molecule has 2 heteroatoms. The van der Waals surface area contributed by atoms with Crippen LogP contribution in [0, 0.1) is 0 Å². The molecule has 1 rings (SSSR count). The number of ether oxygens (including phenoxy) is 1. The molecule has 96 valence electrons. The summed E-state index contributed by atoms with van der Waals surface area (Å²) >= 11 is 0. The summed E-state index contributed by atoms with van der Waals surface area (Å²) in [5.74, 6) is 0. The van der Waals surface area contributed by atoms with E-state index in [1.165, 1.54) is 12.8 Å². The number of nitrogens with one attached hydrogen (secondary N) is 1. The van der Waals surface area contributed by atoms with Crippen LogP contribution in [0.2, 0.25) is 0 Å². The maximum absolute atomic E-state index is 6.53.